The van der Waals surface area contributed by atoms with Crippen LogP contribution in [0.5, 0.6) is 5.75 Å². The van der Waals surface area contributed by atoms with Gasteiger partial charge < -0.3 is 18.9 Å². The molecule has 13 heteroatoms. The highest BCUT2D eigenvalue weighted by molar-refractivity contribution is 7.18. The summed E-state index contributed by atoms with van der Waals surface area (Å²) < 4.78 is 60.3. The number of ether oxygens (including phenoxy) is 2. The fraction of sp³-hybridized carbons (Fsp3) is 0.235. The first kappa shape index (κ1) is 30.6. The van der Waals surface area contributed by atoms with E-state index in [0.29, 0.717) is 56.9 Å². The van der Waals surface area contributed by atoms with Crippen LogP contribution in [-0.2, 0) is 23.1 Å². The zero-order chi connectivity index (χ0) is 33.0. The van der Waals surface area contributed by atoms with Crippen molar-refractivity contribution in [2.45, 2.75) is 19.5 Å². The molecule has 0 N–H and O–H groups in total. The van der Waals surface area contributed by atoms with Crippen molar-refractivity contribution in [3.63, 3.8) is 0 Å². The van der Waals surface area contributed by atoms with Crippen molar-refractivity contribution in [1.29, 1.82) is 0 Å². The van der Waals surface area contributed by atoms with Crippen molar-refractivity contribution in [3.8, 4) is 39.5 Å². The molecule has 0 spiro atoms. The first-order valence-electron chi connectivity index (χ1n) is 14.8. The average Bonchev–Trinajstić information content (AvgIpc) is 3.78. The number of amides is 1. The zero-order valence-corrected chi connectivity index (χ0v) is 26.6. The maximum Gasteiger partial charge on any atom is 0.246 e. The summed E-state index contributed by atoms with van der Waals surface area (Å²) in [6.07, 6.45) is 4.21. The van der Waals surface area contributed by atoms with Gasteiger partial charge in [-0.25, -0.2) is 18.2 Å². The van der Waals surface area contributed by atoms with Gasteiger partial charge in [0.25, 0.3) is 0 Å². The smallest absolute Gasteiger partial charge is 0.246 e. The summed E-state index contributed by atoms with van der Waals surface area (Å²) in [5.41, 5.74) is 3.88. The topological polar surface area (TPSA) is 87.3 Å². The van der Waals surface area contributed by atoms with E-state index in [1.807, 2.05) is 35.2 Å². The molecule has 47 heavy (non-hydrogen) atoms. The van der Waals surface area contributed by atoms with Gasteiger partial charge in [-0.05, 0) is 36.6 Å². The van der Waals surface area contributed by atoms with Crippen molar-refractivity contribution in [2.24, 2.45) is 7.05 Å². The van der Waals surface area contributed by atoms with Gasteiger partial charge in [-0.2, -0.15) is 5.10 Å². The van der Waals surface area contributed by atoms with Gasteiger partial charge in [0.2, 0.25) is 5.91 Å². The number of benzene rings is 1. The highest BCUT2D eigenvalue weighted by Crippen LogP contribution is 2.47. The van der Waals surface area contributed by atoms with E-state index in [2.05, 4.69) is 11.6 Å². The molecule has 1 amide bonds. The molecule has 0 bridgehead atoms. The van der Waals surface area contributed by atoms with Crippen LogP contribution in [-0.4, -0.2) is 62.0 Å². The van der Waals surface area contributed by atoms with E-state index in [1.54, 1.807) is 22.7 Å². The lowest BCUT2D eigenvalue weighted by atomic mass is 9.96. The number of aryl methyl sites for hydroxylation is 1. The first-order valence-corrected chi connectivity index (χ1v) is 15.7. The lowest BCUT2D eigenvalue weighted by Gasteiger charge is -2.33. The van der Waals surface area contributed by atoms with Crippen molar-refractivity contribution >= 4 is 38.4 Å². The molecule has 6 aromatic rings. The number of methoxy groups -OCH3 is 1. The maximum atomic E-state index is 16.0. The van der Waals surface area contributed by atoms with Gasteiger partial charge >= 0.3 is 0 Å². The minimum absolute atomic E-state index is 0.00693. The summed E-state index contributed by atoms with van der Waals surface area (Å²) >= 11 is 1.37. The molecule has 7 rings (SSSR count). The Labute approximate surface area is 271 Å². The number of thiophene rings is 1. The molecule has 9 nitrogen and oxygen atoms in total. The number of hydrogen-bond acceptors (Lipinski definition) is 7. The van der Waals surface area contributed by atoms with Gasteiger partial charge in [0.1, 0.15) is 40.9 Å². The van der Waals surface area contributed by atoms with Crippen molar-refractivity contribution in [3.05, 3.63) is 83.9 Å². The van der Waals surface area contributed by atoms with E-state index in [1.165, 1.54) is 30.7 Å². The highest BCUT2D eigenvalue weighted by atomic mass is 32.1. The van der Waals surface area contributed by atoms with Crippen LogP contribution in [0, 0.1) is 17.5 Å². The Bertz CT molecular complexity index is 2210. The lowest BCUT2D eigenvalue weighted by Crippen LogP contribution is -2.40. The molecule has 1 aliphatic heterocycles. The molecule has 5 aromatic heterocycles. The second-order valence-electron chi connectivity index (χ2n) is 11.2. The second kappa shape index (κ2) is 12.0. The van der Waals surface area contributed by atoms with Crippen LogP contribution in [0.1, 0.15) is 18.7 Å². The van der Waals surface area contributed by atoms with Crippen molar-refractivity contribution in [2.75, 3.05) is 26.9 Å². The molecule has 0 radical (unpaired) electrons. The number of carbonyl (C=O) groups is 1. The lowest BCUT2D eigenvalue weighted by molar-refractivity contribution is -0.129. The molecular weight excluding hydrogens is 629 g/mol. The van der Waals surface area contributed by atoms with Crippen molar-refractivity contribution < 1.29 is 27.4 Å². The Morgan fingerprint density at radius 1 is 1.11 bits per heavy atom. The van der Waals surface area contributed by atoms with E-state index < -0.39 is 17.5 Å². The largest absolute Gasteiger partial charge is 0.490 e. The Balaban J connectivity index is 1.51. The number of aromatic nitrogens is 5. The van der Waals surface area contributed by atoms with Crippen LogP contribution < -0.4 is 4.74 Å². The monoisotopic (exact) mass is 658 g/mol. The molecule has 1 aromatic carbocycles. The van der Waals surface area contributed by atoms with Gasteiger partial charge in [-0.15, -0.1) is 11.3 Å². The van der Waals surface area contributed by atoms with Crippen LogP contribution in [0.3, 0.4) is 0 Å². The quantitative estimate of drug-likeness (QED) is 0.131. The number of fused-ring (bicyclic) bond motifs is 3. The van der Waals surface area contributed by atoms with E-state index in [9.17, 15) is 13.6 Å². The van der Waals surface area contributed by atoms with Gasteiger partial charge in [0.15, 0.2) is 5.82 Å². The number of nitrogens with zero attached hydrogens (tertiary/aromatic N) is 6. The molecule has 0 saturated carbocycles. The molecule has 6 heterocycles. The normalized spacial score (nSPS) is 14.6. The van der Waals surface area contributed by atoms with Crippen molar-refractivity contribution in [1.82, 2.24) is 29.2 Å². The summed E-state index contributed by atoms with van der Waals surface area (Å²) in [5.74, 6) is -2.26. The second-order valence-corrected chi connectivity index (χ2v) is 12.1. The van der Waals surface area contributed by atoms with Crippen LogP contribution >= 0.6 is 11.3 Å². The molecule has 1 unspecified atom stereocenters. The van der Waals surface area contributed by atoms with Crippen LogP contribution in [0.4, 0.5) is 13.2 Å². The third-order valence-corrected chi connectivity index (χ3v) is 9.37. The Morgan fingerprint density at radius 3 is 2.72 bits per heavy atom. The number of pyridine rings is 2. The third kappa shape index (κ3) is 5.15. The minimum atomic E-state index is -0.828. The number of hydrogen-bond donors (Lipinski definition) is 0. The van der Waals surface area contributed by atoms with E-state index in [0.717, 1.165) is 17.8 Å². The van der Waals surface area contributed by atoms with Crippen LogP contribution in [0.15, 0.2) is 60.8 Å². The van der Waals surface area contributed by atoms with E-state index >= 15 is 4.39 Å². The van der Waals surface area contributed by atoms with Crippen LogP contribution in [0.2, 0.25) is 0 Å². The van der Waals surface area contributed by atoms with Gasteiger partial charge in [-0.1, -0.05) is 6.58 Å². The summed E-state index contributed by atoms with van der Waals surface area (Å²) in [7, 11) is 3.24. The Morgan fingerprint density at radius 2 is 1.94 bits per heavy atom. The highest BCUT2D eigenvalue weighted by Gasteiger charge is 2.31. The number of rotatable bonds is 8. The number of carbonyl (C=O) groups excluding carboxylic acids is 1. The molecular formula is C34H29F3N6O3S. The molecule has 0 aliphatic carbocycles. The summed E-state index contributed by atoms with van der Waals surface area (Å²) in [4.78, 5) is 23.8. The molecule has 0 fully saturated rings. The average molecular weight is 659 g/mol. The molecule has 240 valence electrons. The fourth-order valence-corrected chi connectivity index (χ4v) is 7.12. The predicted octanol–water partition coefficient (Wildman–Crippen LogP) is 6.91. The standard InChI is InChI=1S/C34H29F3N6O3S/c1-5-28(44)42-7-8-43-25(18(42)2)15-24(40-43)33-30(29-22(36)13-20(35)14-27(29)46-10-9-45-4)34-21(6-11-47-34)31(39-33)19-12-26-32(38-16-19)23(37)17-41(26)3/h5-6,11-18H,1,7-10H2,2-4H3. The van der Waals surface area contributed by atoms with Gasteiger partial charge in [0.05, 0.1) is 41.7 Å². The molecule has 1 atom stereocenters. The van der Waals surface area contributed by atoms with Gasteiger partial charge in [-0.3, -0.25) is 14.5 Å². The fourth-order valence-electron chi connectivity index (χ4n) is 6.18. The maximum absolute atomic E-state index is 16.0. The van der Waals surface area contributed by atoms with Gasteiger partial charge in [0, 0.05) is 66.4 Å². The molecule has 1 aliphatic rings. The number of halogens is 3. The van der Waals surface area contributed by atoms with Crippen LogP contribution in [0.25, 0.3) is 54.9 Å². The third-order valence-electron chi connectivity index (χ3n) is 8.44. The minimum Gasteiger partial charge on any atom is -0.490 e. The van der Waals surface area contributed by atoms with E-state index in [4.69, 9.17) is 19.6 Å². The van der Waals surface area contributed by atoms with E-state index in [-0.39, 0.29) is 42.0 Å². The predicted molar refractivity (Wildman–Crippen MR) is 174 cm³/mol. The summed E-state index contributed by atoms with van der Waals surface area (Å²) in [5, 5.41) is 7.45. The Hall–Kier alpha value is -5.01. The zero-order valence-electron chi connectivity index (χ0n) is 25.8. The SMILES string of the molecule is C=CC(=O)N1CCn2nc(-c3nc(-c4cnc5c(F)cn(C)c5c4)c4ccsc4c3-c3c(F)cc(F)cc3OCCOC)cc2C1C. The first-order chi connectivity index (χ1) is 22.7. The summed E-state index contributed by atoms with van der Waals surface area (Å²) in [6.45, 7) is 6.66. The Kier molecular flexibility index (Phi) is 7.80. The molecule has 0 saturated heterocycles. The summed E-state index contributed by atoms with van der Waals surface area (Å²) in [6, 6.07) is 7.16.